The first-order chi connectivity index (χ1) is 24.9. The number of phosphoric ester groups is 1. The van der Waals surface area contributed by atoms with Crippen LogP contribution in [0.3, 0.4) is 0 Å². The average molecular weight is 742 g/mol. The second-order valence-electron chi connectivity index (χ2n) is 13.9. The molecule has 0 saturated carbocycles. The molecule has 1 aliphatic heterocycles. The number of esters is 1. The summed E-state index contributed by atoms with van der Waals surface area (Å²) in [6, 6.07) is 0. The molecule has 1 saturated heterocycles. The highest BCUT2D eigenvalue weighted by molar-refractivity contribution is 7.47. The van der Waals surface area contributed by atoms with Gasteiger partial charge in [0.05, 0.1) is 31.7 Å². The summed E-state index contributed by atoms with van der Waals surface area (Å²) in [5.41, 5.74) is 5.36. The monoisotopic (exact) mass is 742 g/mol. The molecule has 0 aromatic rings. The number of allylic oxidation sites excluding steroid dienone is 4. The number of phosphoric acid groups is 1. The number of epoxide rings is 1. The van der Waals surface area contributed by atoms with Crippen LogP contribution < -0.4 is 5.73 Å². The molecule has 4 atom stereocenters. The van der Waals surface area contributed by atoms with Crippen molar-refractivity contribution >= 4 is 13.8 Å². The fourth-order valence-electron chi connectivity index (χ4n) is 5.80. The Balaban J connectivity index is 2.17. The first-order valence-electron chi connectivity index (χ1n) is 20.6. The number of carbonyl (C=O) groups excluding carboxylic acids is 1. The van der Waals surface area contributed by atoms with Gasteiger partial charge < -0.3 is 24.8 Å². The van der Waals surface area contributed by atoms with Crippen LogP contribution in [0.2, 0.25) is 0 Å². The lowest BCUT2D eigenvalue weighted by molar-refractivity contribution is -0.147. The van der Waals surface area contributed by atoms with Gasteiger partial charge in [-0.05, 0) is 76.7 Å². The minimum absolute atomic E-state index is 0.0792. The van der Waals surface area contributed by atoms with Gasteiger partial charge in [-0.2, -0.15) is 0 Å². The van der Waals surface area contributed by atoms with E-state index >= 15 is 0 Å². The zero-order chi connectivity index (χ0) is 37.1. The van der Waals surface area contributed by atoms with Crippen molar-refractivity contribution in [3.8, 4) is 0 Å². The van der Waals surface area contributed by atoms with Crippen molar-refractivity contribution < 1.29 is 37.5 Å². The second kappa shape index (κ2) is 34.3. The van der Waals surface area contributed by atoms with Crippen LogP contribution in [0.15, 0.2) is 36.6 Å². The van der Waals surface area contributed by atoms with Gasteiger partial charge in [0.2, 0.25) is 0 Å². The predicted octanol–water partition coefficient (Wildman–Crippen LogP) is 11.2. The van der Waals surface area contributed by atoms with E-state index in [9.17, 15) is 14.3 Å². The quantitative estimate of drug-likeness (QED) is 0.0159. The molecule has 3 unspecified atom stereocenters. The largest absolute Gasteiger partial charge is 0.492 e. The maximum atomic E-state index is 12.4. The molecule has 3 N–H and O–H groups in total. The molecule has 0 spiro atoms. The fraction of sp³-hybridized carbons (Fsp3) is 0.829. The van der Waals surface area contributed by atoms with Crippen molar-refractivity contribution in [3.05, 3.63) is 36.6 Å². The molecular weight excluding hydrogens is 665 g/mol. The number of hydrogen-bond donors (Lipinski definition) is 2. The van der Waals surface area contributed by atoms with Crippen LogP contribution in [0, 0.1) is 0 Å². The summed E-state index contributed by atoms with van der Waals surface area (Å²) < 4.78 is 38.9. The molecule has 1 fully saturated rings. The van der Waals surface area contributed by atoms with Gasteiger partial charge in [0.1, 0.15) is 6.61 Å². The molecule has 51 heavy (non-hydrogen) atoms. The number of ether oxygens (including phenoxy) is 3. The molecule has 0 aromatic carbocycles. The summed E-state index contributed by atoms with van der Waals surface area (Å²) in [5, 5.41) is 0. The summed E-state index contributed by atoms with van der Waals surface area (Å²) in [5.74, 6) is -0.311. The number of rotatable bonds is 38. The van der Waals surface area contributed by atoms with E-state index in [1.807, 2.05) is 6.08 Å². The molecule has 0 radical (unpaired) electrons. The predicted molar refractivity (Wildman–Crippen MR) is 209 cm³/mol. The Morgan fingerprint density at radius 2 is 1.25 bits per heavy atom. The topological polar surface area (TPSA) is 130 Å². The zero-order valence-electron chi connectivity index (χ0n) is 32.5. The Morgan fingerprint density at radius 1 is 0.706 bits per heavy atom. The molecule has 0 amide bonds. The zero-order valence-corrected chi connectivity index (χ0v) is 33.4. The van der Waals surface area contributed by atoms with Crippen molar-refractivity contribution in [2.75, 3.05) is 26.4 Å². The SMILES string of the molecule is CCCCCCCC/C=C\CCCCCC/C=C/O[C@H](COC(=O)CCCCCCC/C=C\CC1OC1CCCCC)COP(=O)(O)OCCN. The fourth-order valence-corrected chi connectivity index (χ4v) is 6.57. The van der Waals surface area contributed by atoms with Crippen LogP contribution in [0.25, 0.3) is 0 Å². The van der Waals surface area contributed by atoms with Gasteiger partial charge in [-0.15, -0.1) is 0 Å². The van der Waals surface area contributed by atoms with Gasteiger partial charge >= 0.3 is 13.8 Å². The highest BCUT2D eigenvalue weighted by atomic mass is 31.2. The van der Waals surface area contributed by atoms with E-state index < -0.39 is 13.9 Å². The van der Waals surface area contributed by atoms with Crippen LogP contribution in [-0.2, 0) is 32.6 Å². The lowest BCUT2D eigenvalue weighted by Crippen LogP contribution is -2.25. The van der Waals surface area contributed by atoms with E-state index in [-0.39, 0.29) is 32.3 Å². The number of nitrogens with two attached hydrogens (primary N) is 1. The van der Waals surface area contributed by atoms with E-state index in [1.54, 1.807) is 6.26 Å². The Morgan fingerprint density at radius 3 is 1.88 bits per heavy atom. The Hall–Kier alpha value is -1.48. The third-order valence-corrected chi connectivity index (χ3v) is 10.0. The number of carbonyl (C=O) groups is 1. The van der Waals surface area contributed by atoms with Crippen LogP contribution >= 0.6 is 7.82 Å². The summed E-state index contributed by atoms with van der Waals surface area (Å²) >= 11 is 0. The molecule has 10 heteroatoms. The molecule has 0 aromatic heterocycles. The molecule has 1 aliphatic rings. The molecular formula is C41H76NO8P. The third-order valence-electron chi connectivity index (χ3n) is 9.04. The molecule has 0 bridgehead atoms. The van der Waals surface area contributed by atoms with Gasteiger partial charge in [0, 0.05) is 13.0 Å². The molecule has 0 aliphatic carbocycles. The first kappa shape index (κ1) is 47.5. The average Bonchev–Trinajstić information content (AvgIpc) is 3.88. The van der Waals surface area contributed by atoms with Gasteiger partial charge in [0.15, 0.2) is 6.10 Å². The van der Waals surface area contributed by atoms with Crippen molar-refractivity contribution in [1.82, 2.24) is 0 Å². The number of hydrogen-bond acceptors (Lipinski definition) is 8. The Bertz CT molecular complexity index is 943. The first-order valence-corrected chi connectivity index (χ1v) is 22.1. The van der Waals surface area contributed by atoms with E-state index in [4.69, 9.17) is 29.0 Å². The lowest BCUT2D eigenvalue weighted by Gasteiger charge is -2.19. The Kier molecular flexibility index (Phi) is 32.0. The van der Waals surface area contributed by atoms with Gasteiger partial charge in [-0.25, -0.2) is 4.57 Å². The van der Waals surface area contributed by atoms with Gasteiger partial charge in [-0.1, -0.05) is 122 Å². The van der Waals surface area contributed by atoms with Crippen molar-refractivity contribution in [3.63, 3.8) is 0 Å². The standard InChI is InChI=1S/C41H76NO8P/c1-3-5-7-8-9-10-11-12-13-14-15-16-19-22-25-29-34-46-38(37-49-51(44,45)48-35-33-42)36-47-41(43)32-28-24-21-18-17-20-23-27-31-40-39(50-40)30-26-6-4-2/h12-13,23,27,29,34,38-40H,3-11,14-22,24-26,28,30-33,35-37,42H2,1-2H3,(H,44,45)/b13-12-,27-23-,34-29+/t38-,39?,40?/m1/s1. The van der Waals surface area contributed by atoms with E-state index in [0.29, 0.717) is 18.6 Å². The second-order valence-corrected chi connectivity index (χ2v) is 15.4. The third kappa shape index (κ3) is 31.7. The maximum Gasteiger partial charge on any atom is 0.472 e. The summed E-state index contributed by atoms with van der Waals surface area (Å²) in [7, 11) is -4.27. The van der Waals surface area contributed by atoms with Gasteiger partial charge in [0.25, 0.3) is 0 Å². The molecule has 1 rings (SSSR count). The smallest absolute Gasteiger partial charge is 0.472 e. The highest BCUT2D eigenvalue weighted by Gasteiger charge is 2.36. The summed E-state index contributed by atoms with van der Waals surface area (Å²) in [6.45, 7) is 4.14. The Labute approximate surface area is 312 Å². The van der Waals surface area contributed by atoms with Gasteiger partial charge in [-0.3, -0.25) is 13.8 Å². The number of unbranched alkanes of at least 4 members (excludes halogenated alkanes) is 18. The van der Waals surface area contributed by atoms with Crippen LogP contribution in [-0.4, -0.2) is 55.5 Å². The van der Waals surface area contributed by atoms with Crippen molar-refractivity contribution in [2.24, 2.45) is 5.73 Å². The maximum absolute atomic E-state index is 12.4. The summed E-state index contributed by atoms with van der Waals surface area (Å²) in [4.78, 5) is 22.3. The highest BCUT2D eigenvalue weighted by Crippen LogP contribution is 2.43. The molecule has 1 heterocycles. The van der Waals surface area contributed by atoms with Crippen molar-refractivity contribution in [1.29, 1.82) is 0 Å². The summed E-state index contributed by atoms with van der Waals surface area (Å²) in [6.07, 6.45) is 41.4. The normalized spacial score (nSPS) is 17.8. The van der Waals surface area contributed by atoms with Crippen LogP contribution in [0.4, 0.5) is 0 Å². The van der Waals surface area contributed by atoms with Crippen LogP contribution in [0.5, 0.6) is 0 Å². The van der Waals surface area contributed by atoms with Crippen molar-refractivity contribution in [2.45, 2.75) is 193 Å². The van der Waals surface area contributed by atoms with Crippen LogP contribution in [0.1, 0.15) is 174 Å². The lowest BCUT2D eigenvalue weighted by atomic mass is 10.1. The van der Waals surface area contributed by atoms with E-state index in [1.165, 1.54) is 83.5 Å². The minimum Gasteiger partial charge on any atom is -0.492 e. The van der Waals surface area contributed by atoms with E-state index in [2.05, 4.69) is 38.2 Å². The molecule has 298 valence electrons. The minimum atomic E-state index is -4.27. The molecule has 9 nitrogen and oxygen atoms in total. The van der Waals surface area contributed by atoms with E-state index in [0.717, 1.165) is 70.6 Å².